The van der Waals surface area contributed by atoms with E-state index >= 15 is 0 Å². The van der Waals surface area contributed by atoms with Crippen molar-refractivity contribution in [3.63, 3.8) is 0 Å². The number of ether oxygens (including phenoxy) is 2. The summed E-state index contributed by atoms with van der Waals surface area (Å²) in [7, 11) is 1.33. The van der Waals surface area contributed by atoms with Crippen molar-refractivity contribution in [3.05, 3.63) is 77.5 Å². The number of aromatic nitrogens is 1. The van der Waals surface area contributed by atoms with Crippen LogP contribution in [0, 0.1) is 6.92 Å². The Hall–Kier alpha value is -3.36. The second-order valence-corrected chi connectivity index (χ2v) is 9.36. The number of hydrogen-bond donors (Lipinski definition) is 1. The number of benzene rings is 2. The highest BCUT2D eigenvalue weighted by Gasteiger charge is 2.30. The first-order valence-electron chi connectivity index (χ1n) is 10.9. The molecule has 2 unspecified atom stereocenters. The average molecular weight is 479 g/mol. The molecule has 7 nitrogen and oxygen atoms in total. The van der Waals surface area contributed by atoms with Crippen LogP contribution in [0.5, 0.6) is 5.75 Å². The van der Waals surface area contributed by atoms with Crippen LogP contribution < -0.4 is 10.2 Å². The minimum atomic E-state index is -0.442. The van der Waals surface area contributed by atoms with Crippen LogP contribution in [0.1, 0.15) is 30.2 Å². The predicted octanol–water partition coefficient (Wildman–Crippen LogP) is 4.58. The van der Waals surface area contributed by atoms with Crippen LogP contribution in [0.2, 0.25) is 0 Å². The number of hydroxylamine groups is 1. The van der Waals surface area contributed by atoms with E-state index in [2.05, 4.69) is 16.5 Å². The minimum Gasteiger partial charge on any atom is -0.489 e. The second kappa shape index (κ2) is 10.7. The Labute approximate surface area is 202 Å². The fourth-order valence-electron chi connectivity index (χ4n) is 3.79. The van der Waals surface area contributed by atoms with E-state index in [1.807, 2.05) is 61.5 Å². The van der Waals surface area contributed by atoms with E-state index in [-0.39, 0.29) is 22.8 Å². The summed E-state index contributed by atoms with van der Waals surface area (Å²) in [4.78, 5) is 33.6. The van der Waals surface area contributed by atoms with Crippen molar-refractivity contribution in [3.8, 4) is 5.75 Å². The maximum Gasteiger partial charge on any atom is 0.306 e. The molecule has 0 radical (unpaired) electrons. The molecule has 1 aromatic heterocycles. The smallest absolute Gasteiger partial charge is 0.306 e. The lowest BCUT2D eigenvalue weighted by Crippen LogP contribution is -2.28. The van der Waals surface area contributed by atoms with Crippen LogP contribution in [0.4, 0.5) is 0 Å². The number of thioether (sulfide) groups is 1. The summed E-state index contributed by atoms with van der Waals surface area (Å²) in [5, 5.41) is 0.618. The monoisotopic (exact) mass is 478 g/mol. The summed E-state index contributed by atoms with van der Waals surface area (Å²) in [6, 6.07) is 17.8. The van der Waals surface area contributed by atoms with Gasteiger partial charge in [-0.15, -0.1) is 0 Å². The Kier molecular flexibility index (Phi) is 7.49. The Morgan fingerprint density at radius 3 is 2.68 bits per heavy atom. The number of carbonyl (C=O) groups excluding carboxylic acids is 2. The van der Waals surface area contributed by atoms with Gasteiger partial charge in [-0.05, 0) is 55.0 Å². The summed E-state index contributed by atoms with van der Waals surface area (Å²) in [6.07, 6.45) is 1.51. The van der Waals surface area contributed by atoms with Crippen LogP contribution in [0.15, 0.2) is 60.7 Å². The van der Waals surface area contributed by atoms with E-state index in [1.54, 1.807) is 0 Å². The zero-order valence-electron chi connectivity index (χ0n) is 19.2. The van der Waals surface area contributed by atoms with Crippen molar-refractivity contribution < 1.29 is 23.9 Å². The number of aryl methyl sites for hydroxylation is 1. The van der Waals surface area contributed by atoms with Gasteiger partial charge < -0.3 is 9.47 Å². The first-order chi connectivity index (χ1) is 16.4. The zero-order valence-corrected chi connectivity index (χ0v) is 20.1. The zero-order chi connectivity index (χ0) is 24.1. The lowest BCUT2D eigenvalue weighted by atomic mass is 10.1. The largest absolute Gasteiger partial charge is 0.489 e. The molecular formula is C26H26N2O5S. The fourth-order valence-corrected chi connectivity index (χ4v) is 4.71. The quantitative estimate of drug-likeness (QED) is 0.471. The van der Waals surface area contributed by atoms with Gasteiger partial charge in [0.05, 0.1) is 30.0 Å². The molecule has 2 atom stereocenters. The molecule has 2 aromatic carbocycles. The van der Waals surface area contributed by atoms with Crippen LogP contribution in [-0.2, 0) is 25.8 Å². The Morgan fingerprint density at radius 2 is 1.94 bits per heavy atom. The maximum absolute atomic E-state index is 11.7. The van der Waals surface area contributed by atoms with Gasteiger partial charge in [-0.25, -0.2) is 0 Å². The summed E-state index contributed by atoms with van der Waals surface area (Å²) in [6.45, 7) is 3.89. The Balaban J connectivity index is 1.43. The number of pyridine rings is 1. The summed E-state index contributed by atoms with van der Waals surface area (Å²) >= 11 is 1.07. The lowest BCUT2D eigenvalue weighted by molar-refractivity contribution is -0.141. The molecule has 3 aromatic rings. The molecule has 8 heteroatoms. The van der Waals surface area contributed by atoms with E-state index < -0.39 is 6.10 Å². The third-order valence-corrected chi connectivity index (χ3v) is 6.47. The molecule has 34 heavy (non-hydrogen) atoms. The van der Waals surface area contributed by atoms with Crippen molar-refractivity contribution >= 4 is 39.4 Å². The van der Waals surface area contributed by atoms with E-state index in [4.69, 9.17) is 14.3 Å². The van der Waals surface area contributed by atoms with Gasteiger partial charge in [0.2, 0.25) is 0 Å². The Bertz CT molecular complexity index is 1230. The highest BCUT2D eigenvalue weighted by atomic mass is 32.2. The SMILES string of the molecule is COC(=O)CC(SC(C)=O)C1C=C(c2ccc(OCc3cc(C)nc4ccccc34)cc2)NO1. The minimum absolute atomic E-state index is 0.0762. The van der Waals surface area contributed by atoms with Crippen LogP contribution in [-0.4, -0.2) is 34.5 Å². The standard InChI is InChI=1S/C26H26N2O5S/c1-16-12-19(21-6-4-5-7-22(21)27-16)15-32-20-10-8-18(9-11-20)23-13-24(33-28-23)25(34-17(2)29)14-26(30)31-3/h4-13,24-25,28H,14-15H2,1-3H3. The number of rotatable bonds is 8. The average Bonchev–Trinajstić information content (AvgIpc) is 3.32. The molecule has 0 spiro atoms. The van der Waals surface area contributed by atoms with Gasteiger partial charge >= 0.3 is 5.97 Å². The van der Waals surface area contributed by atoms with Crippen LogP contribution >= 0.6 is 11.8 Å². The number of esters is 1. The molecule has 0 aliphatic carbocycles. The van der Waals surface area contributed by atoms with Crippen molar-refractivity contribution in [2.45, 2.75) is 38.2 Å². The number of methoxy groups -OCH3 is 1. The Morgan fingerprint density at radius 1 is 1.18 bits per heavy atom. The van der Waals surface area contributed by atoms with Crippen LogP contribution in [0.3, 0.4) is 0 Å². The van der Waals surface area contributed by atoms with Gasteiger partial charge in [0.1, 0.15) is 18.5 Å². The molecule has 1 aliphatic rings. The van der Waals surface area contributed by atoms with Gasteiger partial charge in [0, 0.05) is 23.6 Å². The first-order valence-corrected chi connectivity index (χ1v) is 11.8. The molecule has 0 saturated carbocycles. The van der Waals surface area contributed by atoms with Crippen molar-refractivity contribution in [2.24, 2.45) is 0 Å². The second-order valence-electron chi connectivity index (χ2n) is 7.95. The van der Waals surface area contributed by atoms with Gasteiger partial charge in [-0.2, -0.15) is 0 Å². The normalized spacial score (nSPS) is 16.0. The van der Waals surface area contributed by atoms with E-state index in [0.29, 0.717) is 6.61 Å². The summed E-state index contributed by atoms with van der Waals surface area (Å²) in [5.41, 5.74) is 7.58. The number of hydrogen-bond acceptors (Lipinski definition) is 8. The number of para-hydroxylation sites is 1. The molecule has 176 valence electrons. The van der Waals surface area contributed by atoms with Crippen molar-refractivity contribution in [2.75, 3.05) is 7.11 Å². The van der Waals surface area contributed by atoms with Crippen LogP contribution in [0.25, 0.3) is 16.6 Å². The molecule has 0 amide bonds. The van der Waals surface area contributed by atoms with Gasteiger partial charge in [-0.1, -0.05) is 30.0 Å². The van der Waals surface area contributed by atoms with Crippen molar-refractivity contribution in [1.29, 1.82) is 0 Å². The predicted molar refractivity (Wildman–Crippen MR) is 132 cm³/mol. The number of nitrogens with zero attached hydrogens (tertiary/aromatic N) is 1. The first kappa shape index (κ1) is 23.8. The van der Waals surface area contributed by atoms with Gasteiger partial charge in [0.15, 0.2) is 5.12 Å². The molecule has 2 heterocycles. The molecule has 0 bridgehead atoms. The van der Waals surface area contributed by atoms with E-state index in [1.165, 1.54) is 14.0 Å². The number of nitrogens with one attached hydrogen (secondary N) is 1. The van der Waals surface area contributed by atoms with Gasteiger partial charge in [-0.3, -0.25) is 24.9 Å². The fraction of sp³-hybridized carbons (Fsp3) is 0.269. The molecule has 0 saturated heterocycles. The molecule has 1 N–H and O–H groups in total. The molecular weight excluding hydrogens is 452 g/mol. The highest BCUT2D eigenvalue weighted by molar-refractivity contribution is 8.14. The maximum atomic E-state index is 11.7. The lowest BCUT2D eigenvalue weighted by Gasteiger charge is -2.17. The topological polar surface area (TPSA) is 86.8 Å². The highest BCUT2D eigenvalue weighted by Crippen LogP contribution is 2.29. The number of carbonyl (C=O) groups is 2. The molecule has 4 rings (SSSR count). The summed E-state index contributed by atoms with van der Waals surface area (Å²) < 4.78 is 10.8. The van der Waals surface area contributed by atoms with Gasteiger partial charge in [0.25, 0.3) is 0 Å². The van der Waals surface area contributed by atoms with Crippen molar-refractivity contribution in [1.82, 2.24) is 10.5 Å². The third-order valence-electron chi connectivity index (χ3n) is 5.40. The number of fused-ring (bicyclic) bond motifs is 1. The van der Waals surface area contributed by atoms with E-state index in [9.17, 15) is 9.59 Å². The third kappa shape index (κ3) is 5.76. The molecule has 0 fully saturated rings. The summed E-state index contributed by atoms with van der Waals surface area (Å²) in [5.74, 6) is 0.358. The molecule has 1 aliphatic heterocycles. The van der Waals surface area contributed by atoms with E-state index in [0.717, 1.165) is 50.9 Å².